The highest BCUT2D eigenvalue weighted by molar-refractivity contribution is 5.87. The van der Waals surface area contributed by atoms with Crippen molar-refractivity contribution in [3.8, 4) is 11.3 Å². The van der Waals surface area contributed by atoms with Gasteiger partial charge in [0, 0.05) is 17.8 Å². The molecule has 1 aromatic carbocycles. The quantitative estimate of drug-likeness (QED) is 0.827. The Bertz CT molecular complexity index is 617. The smallest absolute Gasteiger partial charge is 0.354 e. The van der Waals surface area contributed by atoms with Crippen molar-refractivity contribution in [1.82, 2.24) is 9.78 Å². The number of aromatic carboxylic acids is 1. The summed E-state index contributed by atoms with van der Waals surface area (Å²) in [5.41, 5.74) is 9.22. The maximum absolute atomic E-state index is 11.2. The molecule has 5 nitrogen and oxygen atoms in total. The van der Waals surface area contributed by atoms with Crippen LogP contribution >= 0.6 is 0 Å². The van der Waals surface area contributed by atoms with E-state index < -0.39 is 5.97 Å². The molecule has 0 bridgehead atoms. The Labute approximate surface area is 111 Å². The van der Waals surface area contributed by atoms with E-state index in [4.69, 9.17) is 10.8 Å². The first-order valence-electron chi connectivity index (χ1n) is 6.20. The largest absolute Gasteiger partial charge is 0.477 e. The van der Waals surface area contributed by atoms with Gasteiger partial charge < -0.3 is 10.8 Å². The van der Waals surface area contributed by atoms with Gasteiger partial charge in [-0.1, -0.05) is 19.1 Å². The number of nitrogen functional groups attached to an aromatic ring is 1. The number of aromatic nitrogens is 2. The topological polar surface area (TPSA) is 81.1 Å². The molecular weight excluding hydrogens is 242 g/mol. The second-order valence-corrected chi connectivity index (χ2v) is 4.51. The molecule has 0 saturated carbocycles. The number of nitrogens with two attached hydrogens (primary N) is 1. The third kappa shape index (κ3) is 2.59. The Hall–Kier alpha value is -2.30. The van der Waals surface area contributed by atoms with Crippen molar-refractivity contribution in [2.45, 2.75) is 26.8 Å². The maximum Gasteiger partial charge on any atom is 0.354 e. The number of hydrogen-bond acceptors (Lipinski definition) is 3. The zero-order valence-corrected chi connectivity index (χ0v) is 11.1. The molecule has 3 N–H and O–H groups in total. The van der Waals surface area contributed by atoms with Gasteiger partial charge in [-0.05, 0) is 31.0 Å². The van der Waals surface area contributed by atoms with Crippen molar-refractivity contribution in [3.05, 3.63) is 35.5 Å². The van der Waals surface area contributed by atoms with E-state index in [1.165, 1.54) is 4.68 Å². The van der Waals surface area contributed by atoms with Crippen molar-refractivity contribution in [3.63, 3.8) is 0 Å². The van der Waals surface area contributed by atoms with Gasteiger partial charge in [0.05, 0.1) is 5.69 Å². The number of carboxylic acids is 1. The molecule has 0 saturated heterocycles. The SMILES string of the molecule is CCCn1nc(-c2ccc(C)c(N)c2)cc1C(=O)O. The molecule has 0 spiro atoms. The normalized spacial score (nSPS) is 10.6. The summed E-state index contributed by atoms with van der Waals surface area (Å²) >= 11 is 0. The molecule has 0 aliphatic rings. The van der Waals surface area contributed by atoms with Gasteiger partial charge in [-0.3, -0.25) is 4.68 Å². The Morgan fingerprint density at radius 2 is 2.16 bits per heavy atom. The number of aryl methyl sites for hydroxylation is 2. The van der Waals surface area contributed by atoms with E-state index >= 15 is 0 Å². The van der Waals surface area contributed by atoms with Crippen molar-refractivity contribution in [2.24, 2.45) is 0 Å². The summed E-state index contributed by atoms with van der Waals surface area (Å²) in [6.07, 6.45) is 0.831. The number of hydrogen-bond donors (Lipinski definition) is 2. The van der Waals surface area contributed by atoms with E-state index in [1.807, 2.05) is 32.0 Å². The predicted molar refractivity (Wildman–Crippen MR) is 74.1 cm³/mol. The molecule has 19 heavy (non-hydrogen) atoms. The first-order chi connectivity index (χ1) is 9.02. The van der Waals surface area contributed by atoms with Crippen LogP contribution in [0, 0.1) is 6.92 Å². The van der Waals surface area contributed by atoms with Crippen LogP contribution < -0.4 is 5.73 Å². The number of carboxylic acid groups (broad SMARTS) is 1. The van der Waals surface area contributed by atoms with E-state index in [9.17, 15) is 4.79 Å². The van der Waals surface area contributed by atoms with Gasteiger partial charge >= 0.3 is 5.97 Å². The van der Waals surface area contributed by atoms with E-state index in [2.05, 4.69) is 5.10 Å². The third-order valence-electron chi connectivity index (χ3n) is 3.01. The lowest BCUT2D eigenvalue weighted by molar-refractivity contribution is 0.0683. The number of carbonyl (C=O) groups is 1. The summed E-state index contributed by atoms with van der Waals surface area (Å²) in [5, 5.41) is 13.5. The van der Waals surface area contributed by atoms with E-state index in [0.29, 0.717) is 17.9 Å². The molecule has 0 atom stereocenters. The summed E-state index contributed by atoms with van der Waals surface area (Å²) in [5.74, 6) is -0.965. The zero-order chi connectivity index (χ0) is 14.0. The number of benzene rings is 1. The van der Waals surface area contributed by atoms with Crippen molar-refractivity contribution < 1.29 is 9.90 Å². The third-order valence-corrected chi connectivity index (χ3v) is 3.01. The fourth-order valence-electron chi connectivity index (χ4n) is 1.91. The van der Waals surface area contributed by atoms with E-state index in [0.717, 1.165) is 17.5 Å². The van der Waals surface area contributed by atoms with Gasteiger partial charge in [-0.2, -0.15) is 5.10 Å². The minimum atomic E-state index is -0.965. The minimum absolute atomic E-state index is 0.205. The van der Waals surface area contributed by atoms with Gasteiger partial charge in [0.1, 0.15) is 5.69 Å². The minimum Gasteiger partial charge on any atom is -0.477 e. The molecule has 0 unspecified atom stereocenters. The highest BCUT2D eigenvalue weighted by Gasteiger charge is 2.15. The van der Waals surface area contributed by atoms with Gasteiger partial charge in [0.15, 0.2) is 0 Å². The lowest BCUT2D eigenvalue weighted by atomic mass is 10.1. The molecular formula is C14H17N3O2. The average molecular weight is 259 g/mol. The van der Waals surface area contributed by atoms with Crippen LogP contribution in [0.25, 0.3) is 11.3 Å². The highest BCUT2D eigenvalue weighted by Crippen LogP contribution is 2.23. The number of nitrogens with zero attached hydrogens (tertiary/aromatic N) is 2. The molecule has 0 aliphatic heterocycles. The van der Waals surface area contributed by atoms with E-state index in [-0.39, 0.29) is 5.69 Å². The van der Waals surface area contributed by atoms with Gasteiger partial charge in [0.25, 0.3) is 0 Å². The summed E-state index contributed by atoms with van der Waals surface area (Å²) < 4.78 is 1.52. The van der Waals surface area contributed by atoms with Crippen LogP contribution in [0.4, 0.5) is 5.69 Å². The van der Waals surface area contributed by atoms with Crippen molar-refractivity contribution in [2.75, 3.05) is 5.73 Å². The van der Waals surface area contributed by atoms with Gasteiger partial charge in [0.2, 0.25) is 0 Å². The Morgan fingerprint density at radius 3 is 2.74 bits per heavy atom. The fourth-order valence-corrected chi connectivity index (χ4v) is 1.91. The molecule has 0 fully saturated rings. The molecule has 1 heterocycles. The summed E-state index contributed by atoms with van der Waals surface area (Å²) in [4.78, 5) is 11.2. The predicted octanol–water partition coefficient (Wildman–Crippen LogP) is 2.55. The molecule has 5 heteroatoms. The standard InChI is InChI=1S/C14H17N3O2/c1-3-6-17-13(14(18)19)8-12(16-17)10-5-4-9(2)11(15)7-10/h4-5,7-8H,3,6,15H2,1-2H3,(H,18,19). The van der Waals surface area contributed by atoms with Crippen LogP contribution in [-0.2, 0) is 6.54 Å². The van der Waals surface area contributed by atoms with Crippen LogP contribution in [0.15, 0.2) is 24.3 Å². The number of rotatable bonds is 4. The van der Waals surface area contributed by atoms with Gasteiger partial charge in [-0.15, -0.1) is 0 Å². The summed E-state index contributed by atoms with van der Waals surface area (Å²) in [7, 11) is 0. The van der Waals surface area contributed by atoms with Crippen molar-refractivity contribution >= 4 is 11.7 Å². The van der Waals surface area contributed by atoms with E-state index in [1.54, 1.807) is 6.07 Å². The fraction of sp³-hybridized carbons (Fsp3) is 0.286. The molecule has 2 rings (SSSR count). The van der Waals surface area contributed by atoms with Crippen LogP contribution in [0.3, 0.4) is 0 Å². The van der Waals surface area contributed by atoms with Crippen LogP contribution in [0.5, 0.6) is 0 Å². The van der Waals surface area contributed by atoms with Crippen LogP contribution in [0.1, 0.15) is 29.4 Å². The van der Waals surface area contributed by atoms with Crippen LogP contribution in [0.2, 0.25) is 0 Å². The highest BCUT2D eigenvalue weighted by atomic mass is 16.4. The Morgan fingerprint density at radius 1 is 1.42 bits per heavy atom. The zero-order valence-electron chi connectivity index (χ0n) is 11.1. The Kier molecular flexibility index (Phi) is 3.55. The molecule has 0 amide bonds. The molecule has 100 valence electrons. The second kappa shape index (κ2) is 5.14. The maximum atomic E-state index is 11.2. The second-order valence-electron chi connectivity index (χ2n) is 4.51. The molecule has 0 aliphatic carbocycles. The molecule has 0 radical (unpaired) electrons. The monoisotopic (exact) mass is 259 g/mol. The molecule has 2 aromatic rings. The number of anilines is 1. The van der Waals surface area contributed by atoms with Crippen LogP contribution in [-0.4, -0.2) is 20.9 Å². The average Bonchev–Trinajstić information content (AvgIpc) is 2.77. The molecule has 1 aromatic heterocycles. The first-order valence-corrected chi connectivity index (χ1v) is 6.20. The first kappa shape index (κ1) is 13.1. The summed E-state index contributed by atoms with van der Waals surface area (Å²) in [6.45, 7) is 4.50. The van der Waals surface area contributed by atoms with Gasteiger partial charge in [-0.25, -0.2) is 4.79 Å². The lowest BCUT2D eigenvalue weighted by Crippen LogP contribution is -2.09. The Balaban J connectivity index is 2.47. The summed E-state index contributed by atoms with van der Waals surface area (Å²) in [6, 6.07) is 7.21. The lowest BCUT2D eigenvalue weighted by Gasteiger charge is -2.02. The van der Waals surface area contributed by atoms with Crippen molar-refractivity contribution in [1.29, 1.82) is 0 Å².